The second kappa shape index (κ2) is 4.41. The number of hydrogen-bond acceptors (Lipinski definition) is 2. The quantitative estimate of drug-likeness (QED) is 0.596. The molecule has 0 fully saturated rings. The molecule has 20 heavy (non-hydrogen) atoms. The Morgan fingerprint density at radius 3 is 2.70 bits per heavy atom. The third-order valence-electron chi connectivity index (χ3n) is 4.53. The lowest BCUT2D eigenvalue weighted by atomic mass is 9.77. The number of nitrogens with one attached hydrogen (secondary N) is 1. The van der Waals surface area contributed by atoms with Gasteiger partial charge in [0.25, 0.3) is 0 Å². The van der Waals surface area contributed by atoms with E-state index in [1.165, 1.54) is 11.1 Å². The van der Waals surface area contributed by atoms with Crippen LogP contribution in [0.4, 0.5) is 5.69 Å². The molecule has 2 N–H and O–H groups in total. The highest BCUT2D eigenvalue weighted by atomic mass is 16.3. The average molecular weight is 263 g/mol. The summed E-state index contributed by atoms with van der Waals surface area (Å²) in [6, 6.07) is 16.6. The first-order chi connectivity index (χ1) is 9.84. The lowest BCUT2D eigenvalue weighted by Gasteiger charge is -2.37. The van der Waals surface area contributed by atoms with Crippen molar-refractivity contribution >= 4 is 5.69 Å². The van der Waals surface area contributed by atoms with Crippen molar-refractivity contribution in [3.63, 3.8) is 0 Å². The standard InChI is InChI=1S/C18H17NO/c20-16-11-5-10-15-13-8-4-9-14(13)17(19-18(15)16)12-6-2-1-3-7-12/h1-8,10-11,13-14,17,19-20H,9H2. The summed E-state index contributed by atoms with van der Waals surface area (Å²) in [4.78, 5) is 0. The van der Waals surface area contributed by atoms with Crippen molar-refractivity contribution in [3.8, 4) is 5.75 Å². The summed E-state index contributed by atoms with van der Waals surface area (Å²) in [7, 11) is 0. The third-order valence-corrected chi connectivity index (χ3v) is 4.53. The Morgan fingerprint density at radius 1 is 1.00 bits per heavy atom. The van der Waals surface area contributed by atoms with E-state index in [-0.39, 0.29) is 6.04 Å². The minimum absolute atomic E-state index is 0.261. The highest BCUT2D eigenvalue weighted by Crippen LogP contribution is 2.51. The van der Waals surface area contributed by atoms with E-state index in [1.807, 2.05) is 12.1 Å². The van der Waals surface area contributed by atoms with Crippen LogP contribution in [-0.2, 0) is 0 Å². The third kappa shape index (κ3) is 1.64. The first-order valence-corrected chi connectivity index (χ1v) is 7.14. The van der Waals surface area contributed by atoms with Gasteiger partial charge in [-0.05, 0) is 29.5 Å². The van der Waals surface area contributed by atoms with Crippen LogP contribution < -0.4 is 5.32 Å². The van der Waals surface area contributed by atoms with Crippen LogP contribution in [0, 0.1) is 5.92 Å². The van der Waals surface area contributed by atoms with E-state index in [0.717, 1.165) is 12.1 Å². The molecule has 100 valence electrons. The van der Waals surface area contributed by atoms with Gasteiger partial charge in [-0.15, -0.1) is 0 Å². The fourth-order valence-corrected chi connectivity index (χ4v) is 3.60. The summed E-state index contributed by atoms with van der Waals surface area (Å²) >= 11 is 0. The second-order valence-electron chi connectivity index (χ2n) is 5.63. The van der Waals surface area contributed by atoms with Gasteiger partial charge in [-0.3, -0.25) is 0 Å². The minimum atomic E-state index is 0.261. The largest absolute Gasteiger partial charge is 0.506 e. The van der Waals surface area contributed by atoms with Crippen molar-refractivity contribution in [3.05, 3.63) is 71.8 Å². The Morgan fingerprint density at radius 2 is 1.85 bits per heavy atom. The molecular formula is C18H17NO. The van der Waals surface area contributed by atoms with E-state index in [0.29, 0.717) is 17.6 Å². The van der Waals surface area contributed by atoms with Crippen molar-refractivity contribution in [2.45, 2.75) is 18.4 Å². The van der Waals surface area contributed by atoms with Gasteiger partial charge in [0.2, 0.25) is 0 Å². The fraction of sp³-hybridized carbons (Fsp3) is 0.222. The maximum atomic E-state index is 10.2. The molecule has 0 saturated carbocycles. The van der Waals surface area contributed by atoms with Crippen LogP contribution >= 0.6 is 0 Å². The molecule has 0 aromatic heterocycles. The Hall–Kier alpha value is -2.22. The van der Waals surface area contributed by atoms with Gasteiger partial charge in [0.05, 0.1) is 11.7 Å². The number of anilines is 1. The van der Waals surface area contributed by atoms with Crippen LogP contribution in [0.25, 0.3) is 0 Å². The maximum absolute atomic E-state index is 10.2. The molecule has 0 amide bonds. The molecule has 0 radical (unpaired) electrons. The van der Waals surface area contributed by atoms with Crippen LogP contribution in [0.5, 0.6) is 5.75 Å². The molecular weight excluding hydrogens is 246 g/mol. The molecule has 0 spiro atoms. The van der Waals surface area contributed by atoms with Crippen LogP contribution in [0.2, 0.25) is 0 Å². The Balaban J connectivity index is 1.83. The van der Waals surface area contributed by atoms with Crippen molar-refractivity contribution in [1.82, 2.24) is 0 Å². The average Bonchev–Trinajstić information content (AvgIpc) is 2.97. The lowest BCUT2D eigenvalue weighted by molar-refractivity contribution is 0.415. The molecule has 4 rings (SSSR count). The van der Waals surface area contributed by atoms with E-state index in [1.54, 1.807) is 6.07 Å². The monoisotopic (exact) mass is 263 g/mol. The normalized spacial score (nSPS) is 26.7. The summed E-state index contributed by atoms with van der Waals surface area (Å²) in [5.41, 5.74) is 3.41. The summed E-state index contributed by atoms with van der Waals surface area (Å²) in [5, 5.41) is 13.7. The van der Waals surface area contributed by atoms with Gasteiger partial charge in [0.1, 0.15) is 5.75 Å². The number of phenols is 1. The molecule has 2 aromatic rings. The first-order valence-electron chi connectivity index (χ1n) is 7.14. The zero-order valence-corrected chi connectivity index (χ0v) is 11.2. The van der Waals surface area contributed by atoms with Crippen molar-refractivity contribution in [1.29, 1.82) is 0 Å². The number of para-hydroxylation sites is 1. The number of fused-ring (bicyclic) bond motifs is 3. The highest BCUT2D eigenvalue weighted by molar-refractivity contribution is 5.67. The molecule has 1 aliphatic carbocycles. The molecule has 0 saturated heterocycles. The number of aromatic hydroxyl groups is 1. The van der Waals surface area contributed by atoms with Gasteiger partial charge in [-0.2, -0.15) is 0 Å². The summed E-state index contributed by atoms with van der Waals surface area (Å²) in [6.45, 7) is 0. The fourth-order valence-electron chi connectivity index (χ4n) is 3.60. The number of phenolic OH excluding ortho intramolecular Hbond substituents is 1. The summed E-state index contributed by atoms with van der Waals surface area (Å²) in [5.74, 6) is 1.29. The van der Waals surface area contributed by atoms with Gasteiger partial charge < -0.3 is 10.4 Å². The van der Waals surface area contributed by atoms with Gasteiger partial charge in [0.15, 0.2) is 0 Å². The zero-order valence-electron chi connectivity index (χ0n) is 11.2. The lowest BCUT2D eigenvalue weighted by Crippen LogP contribution is -2.29. The first kappa shape index (κ1) is 11.6. The van der Waals surface area contributed by atoms with Crippen molar-refractivity contribution in [2.75, 3.05) is 5.32 Å². The predicted octanol–water partition coefficient (Wildman–Crippen LogP) is 4.22. The highest BCUT2D eigenvalue weighted by Gasteiger charge is 2.38. The molecule has 1 aliphatic heterocycles. The minimum Gasteiger partial charge on any atom is -0.506 e. The molecule has 2 aliphatic rings. The van der Waals surface area contributed by atoms with E-state index in [2.05, 4.69) is 47.8 Å². The Kier molecular flexibility index (Phi) is 2.56. The van der Waals surface area contributed by atoms with Crippen molar-refractivity contribution < 1.29 is 5.11 Å². The number of benzene rings is 2. The van der Waals surface area contributed by atoms with Gasteiger partial charge in [-0.1, -0.05) is 54.6 Å². The van der Waals surface area contributed by atoms with Gasteiger partial charge >= 0.3 is 0 Å². The Bertz CT molecular complexity index is 662. The Labute approximate surface area is 118 Å². The number of allylic oxidation sites excluding steroid dienone is 2. The van der Waals surface area contributed by atoms with Gasteiger partial charge in [0, 0.05) is 5.92 Å². The number of rotatable bonds is 1. The molecule has 0 bridgehead atoms. The van der Waals surface area contributed by atoms with Crippen LogP contribution in [0.3, 0.4) is 0 Å². The van der Waals surface area contributed by atoms with Crippen LogP contribution in [-0.4, -0.2) is 5.11 Å². The molecule has 2 nitrogen and oxygen atoms in total. The van der Waals surface area contributed by atoms with E-state index in [9.17, 15) is 5.11 Å². The number of hydrogen-bond donors (Lipinski definition) is 2. The predicted molar refractivity (Wildman–Crippen MR) is 80.9 cm³/mol. The van der Waals surface area contributed by atoms with Crippen LogP contribution in [0.15, 0.2) is 60.7 Å². The van der Waals surface area contributed by atoms with E-state index in [4.69, 9.17) is 0 Å². The molecule has 3 atom stereocenters. The smallest absolute Gasteiger partial charge is 0.138 e. The summed E-state index contributed by atoms with van der Waals surface area (Å²) in [6.07, 6.45) is 5.65. The van der Waals surface area contributed by atoms with Gasteiger partial charge in [-0.25, -0.2) is 0 Å². The van der Waals surface area contributed by atoms with Crippen LogP contribution in [0.1, 0.15) is 29.5 Å². The molecule has 1 heterocycles. The molecule has 2 heteroatoms. The SMILES string of the molecule is Oc1cccc2c1NC(c1ccccc1)C1CC=CC21. The second-order valence-corrected chi connectivity index (χ2v) is 5.63. The molecule has 2 aromatic carbocycles. The summed E-state index contributed by atoms with van der Waals surface area (Å²) < 4.78 is 0. The van der Waals surface area contributed by atoms with E-state index < -0.39 is 0 Å². The van der Waals surface area contributed by atoms with Crippen molar-refractivity contribution in [2.24, 2.45) is 5.92 Å². The maximum Gasteiger partial charge on any atom is 0.138 e. The van der Waals surface area contributed by atoms with E-state index >= 15 is 0 Å². The zero-order chi connectivity index (χ0) is 13.5. The molecule has 3 unspecified atom stereocenters. The topological polar surface area (TPSA) is 32.3 Å².